The lowest BCUT2D eigenvalue weighted by atomic mass is 10.3. The van der Waals surface area contributed by atoms with Crippen LogP contribution in [-0.4, -0.2) is 29.3 Å². The predicted molar refractivity (Wildman–Crippen MR) is 75.0 cm³/mol. The molecule has 0 fully saturated rings. The molecule has 0 spiro atoms. The molecule has 0 unspecified atom stereocenters. The summed E-state index contributed by atoms with van der Waals surface area (Å²) in [6.07, 6.45) is -1.08. The number of hydrogen-bond acceptors (Lipinski definition) is 5. The predicted octanol–water partition coefficient (Wildman–Crippen LogP) is 1.29. The Balaban J connectivity index is 2.49. The molecule has 1 aromatic carbocycles. The van der Waals surface area contributed by atoms with Crippen molar-refractivity contribution in [2.24, 2.45) is 5.73 Å². The van der Waals surface area contributed by atoms with Crippen molar-refractivity contribution in [1.29, 1.82) is 0 Å². The molecule has 3 amide bonds. The molecule has 108 valence electrons. The Morgan fingerprint density at radius 1 is 1.20 bits per heavy atom. The van der Waals surface area contributed by atoms with Gasteiger partial charge in [0.25, 0.3) is 5.91 Å². The van der Waals surface area contributed by atoms with Crippen molar-refractivity contribution in [3.05, 3.63) is 30.3 Å². The van der Waals surface area contributed by atoms with E-state index in [-0.39, 0.29) is 0 Å². The van der Waals surface area contributed by atoms with Gasteiger partial charge in [-0.1, -0.05) is 18.2 Å². The van der Waals surface area contributed by atoms with Gasteiger partial charge in [0.15, 0.2) is 6.10 Å². The van der Waals surface area contributed by atoms with Gasteiger partial charge in [0.2, 0.25) is 0 Å². The van der Waals surface area contributed by atoms with E-state index in [9.17, 15) is 14.4 Å². The Bertz CT molecular complexity index is 492. The number of hydrogen-bond donors (Lipinski definition) is 2. The van der Waals surface area contributed by atoms with E-state index >= 15 is 0 Å². The fourth-order valence-electron chi connectivity index (χ4n) is 1.30. The zero-order valence-electron chi connectivity index (χ0n) is 11.2. The molecule has 0 saturated carbocycles. The van der Waals surface area contributed by atoms with Crippen LogP contribution in [0.5, 0.6) is 0 Å². The van der Waals surface area contributed by atoms with Gasteiger partial charge in [-0.25, -0.2) is 4.79 Å². The molecule has 6 nitrogen and oxygen atoms in total. The number of esters is 1. The van der Waals surface area contributed by atoms with E-state index in [0.29, 0.717) is 0 Å². The number of thioether (sulfide) groups is 1. The average molecular weight is 296 g/mol. The quantitative estimate of drug-likeness (QED) is 0.630. The molecule has 1 rings (SSSR count). The van der Waals surface area contributed by atoms with Gasteiger partial charge >= 0.3 is 12.0 Å². The van der Waals surface area contributed by atoms with E-state index in [1.165, 1.54) is 18.7 Å². The third kappa shape index (κ3) is 5.31. The molecule has 0 aliphatic carbocycles. The number of ether oxygens (including phenoxy) is 1. The minimum absolute atomic E-state index is 0.471. The second kappa shape index (κ2) is 7.54. The van der Waals surface area contributed by atoms with Crippen LogP contribution < -0.4 is 11.1 Å². The van der Waals surface area contributed by atoms with Gasteiger partial charge in [-0.05, 0) is 26.0 Å². The summed E-state index contributed by atoms with van der Waals surface area (Å²) in [7, 11) is 0. The van der Waals surface area contributed by atoms with Crippen molar-refractivity contribution < 1.29 is 19.1 Å². The van der Waals surface area contributed by atoms with Crippen LogP contribution in [-0.2, 0) is 14.3 Å². The lowest BCUT2D eigenvalue weighted by molar-refractivity contribution is -0.153. The van der Waals surface area contributed by atoms with E-state index in [4.69, 9.17) is 10.5 Å². The number of amides is 3. The number of carbonyl (C=O) groups is 3. The van der Waals surface area contributed by atoms with Crippen molar-refractivity contribution >= 4 is 29.7 Å². The molecule has 0 aliphatic heterocycles. The van der Waals surface area contributed by atoms with Gasteiger partial charge < -0.3 is 10.5 Å². The van der Waals surface area contributed by atoms with Crippen LogP contribution in [0, 0.1) is 0 Å². The van der Waals surface area contributed by atoms with Gasteiger partial charge in [-0.2, -0.15) is 0 Å². The van der Waals surface area contributed by atoms with Crippen LogP contribution in [0.3, 0.4) is 0 Å². The van der Waals surface area contributed by atoms with Gasteiger partial charge in [0.05, 0.1) is 0 Å². The first-order valence-electron chi connectivity index (χ1n) is 5.92. The molecule has 20 heavy (non-hydrogen) atoms. The van der Waals surface area contributed by atoms with Gasteiger partial charge in [0.1, 0.15) is 5.25 Å². The molecular formula is C13H16N2O4S. The largest absolute Gasteiger partial charge is 0.452 e. The Kier molecular flexibility index (Phi) is 6.05. The molecule has 0 bridgehead atoms. The summed E-state index contributed by atoms with van der Waals surface area (Å²) in [6.45, 7) is 3.05. The zero-order valence-corrected chi connectivity index (χ0v) is 12.0. The molecule has 0 radical (unpaired) electrons. The summed E-state index contributed by atoms with van der Waals surface area (Å²) in [5.41, 5.74) is 4.81. The summed E-state index contributed by atoms with van der Waals surface area (Å²) in [5.74, 6) is -1.28. The van der Waals surface area contributed by atoms with Crippen LogP contribution in [0.2, 0.25) is 0 Å². The highest BCUT2D eigenvalue weighted by molar-refractivity contribution is 8.00. The molecule has 0 aromatic heterocycles. The smallest absolute Gasteiger partial charge is 0.319 e. The van der Waals surface area contributed by atoms with Crippen molar-refractivity contribution in [2.45, 2.75) is 30.1 Å². The highest BCUT2D eigenvalue weighted by Crippen LogP contribution is 2.23. The number of benzene rings is 1. The lowest BCUT2D eigenvalue weighted by Crippen LogP contribution is -2.42. The van der Waals surface area contributed by atoms with E-state index in [0.717, 1.165) is 4.90 Å². The standard InChI is InChI=1S/C13H16N2O4S/c1-8(11(16)15-13(14)18)19-12(17)9(2)20-10-6-4-3-5-7-10/h3-9H,1-2H3,(H3,14,15,16,18)/t8-,9+/m1/s1. The Labute approximate surface area is 121 Å². The Hall–Kier alpha value is -2.02. The maximum atomic E-state index is 11.8. The van der Waals surface area contributed by atoms with Crippen LogP contribution >= 0.6 is 11.8 Å². The Morgan fingerprint density at radius 3 is 2.35 bits per heavy atom. The third-order valence-corrected chi connectivity index (χ3v) is 3.39. The zero-order chi connectivity index (χ0) is 15.1. The number of imide groups is 1. The van der Waals surface area contributed by atoms with E-state index < -0.39 is 29.3 Å². The van der Waals surface area contributed by atoms with Crippen LogP contribution in [0.25, 0.3) is 0 Å². The molecule has 1 aromatic rings. The maximum absolute atomic E-state index is 11.8. The monoisotopic (exact) mass is 296 g/mol. The topological polar surface area (TPSA) is 98.5 Å². The molecular weight excluding hydrogens is 280 g/mol. The molecule has 0 aliphatic rings. The number of carbonyl (C=O) groups excluding carboxylic acids is 3. The number of nitrogens with one attached hydrogen (secondary N) is 1. The normalized spacial score (nSPS) is 13.1. The number of urea groups is 1. The highest BCUT2D eigenvalue weighted by Gasteiger charge is 2.23. The van der Waals surface area contributed by atoms with Crippen molar-refractivity contribution in [3.8, 4) is 0 Å². The molecule has 0 heterocycles. The van der Waals surface area contributed by atoms with E-state index in [1.807, 2.05) is 35.6 Å². The molecule has 3 N–H and O–H groups in total. The van der Waals surface area contributed by atoms with Gasteiger partial charge in [-0.15, -0.1) is 11.8 Å². The third-order valence-electron chi connectivity index (χ3n) is 2.30. The SMILES string of the molecule is C[C@H](Sc1ccccc1)C(=O)O[C@H](C)C(=O)NC(N)=O. The highest BCUT2D eigenvalue weighted by atomic mass is 32.2. The second-order valence-corrected chi connectivity index (χ2v) is 5.42. The van der Waals surface area contributed by atoms with Crippen LogP contribution in [0.4, 0.5) is 4.79 Å². The minimum Gasteiger partial charge on any atom is -0.452 e. The van der Waals surface area contributed by atoms with E-state index in [2.05, 4.69) is 0 Å². The minimum atomic E-state index is -1.08. The first-order chi connectivity index (χ1) is 9.40. The average Bonchev–Trinajstić information content (AvgIpc) is 2.38. The maximum Gasteiger partial charge on any atom is 0.319 e. The van der Waals surface area contributed by atoms with Gasteiger partial charge in [-0.3, -0.25) is 14.9 Å². The Morgan fingerprint density at radius 2 is 1.80 bits per heavy atom. The molecule has 2 atom stereocenters. The fourth-order valence-corrected chi connectivity index (χ4v) is 2.17. The number of rotatable bonds is 5. The molecule has 7 heteroatoms. The van der Waals surface area contributed by atoms with Gasteiger partial charge in [0, 0.05) is 4.90 Å². The van der Waals surface area contributed by atoms with Crippen molar-refractivity contribution in [2.75, 3.05) is 0 Å². The van der Waals surface area contributed by atoms with Crippen molar-refractivity contribution in [3.63, 3.8) is 0 Å². The van der Waals surface area contributed by atoms with E-state index in [1.54, 1.807) is 6.92 Å². The summed E-state index contributed by atoms with van der Waals surface area (Å²) >= 11 is 1.32. The first kappa shape index (κ1) is 16.0. The molecule has 0 saturated heterocycles. The lowest BCUT2D eigenvalue weighted by Gasteiger charge is -2.15. The fraction of sp³-hybridized carbons (Fsp3) is 0.308. The van der Waals surface area contributed by atoms with Crippen LogP contribution in [0.15, 0.2) is 35.2 Å². The summed E-state index contributed by atoms with van der Waals surface area (Å²) in [4.78, 5) is 34.6. The summed E-state index contributed by atoms with van der Waals surface area (Å²) in [6, 6.07) is 8.37. The van der Waals surface area contributed by atoms with Crippen molar-refractivity contribution in [1.82, 2.24) is 5.32 Å². The number of primary amides is 1. The van der Waals surface area contributed by atoms with Crippen LogP contribution in [0.1, 0.15) is 13.8 Å². The first-order valence-corrected chi connectivity index (χ1v) is 6.80. The summed E-state index contributed by atoms with van der Waals surface area (Å²) in [5, 5.41) is 1.38. The second-order valence-electron chi connectivity index (χ2n) is 4.01. The summed E-state index contributed by atoms with van der Waals surface area (Å²) < 4.78 is 4.97. The number of nitrogens with two attached hydrogens (primary N) is 1.